The van der Waals surface area contributed by atoms with Crippen LogP contribution in [0, 0.1) is 6.92 Å². The van der Waals surface area contributed by atoms with Crippen LogP contribution in [-0.2, 0) is 4.79 Å². The second kappa shape index (κ2) is 8.46. The van der Waals surface area contributed by atoms with Gasteiger partial charge in [0.25, 0.3) is 0 Å². The van der Waals surface area contributed by atoms with Crippen LogP contribution in [0.1, 0.15) is 18.4 Å². The van der Waals surface area contributed by atoms with Crippen molar-refractivity contribution in [1.29, 1.82) is 0 Å². The van der Waals surface area contributed by atoms with E-state index >= 15 is 0 Å². The Morgan fingerprint density at radius 3 is 2.73 bits per heavy atom. The summed E-state index contributed by atoms with van der Waals surface area (Å²) in [7, 11) is 1.64. The first kappa shape index (κ1) is 18.6. The average molecular weight is 389 g/mol. The molecule has 136 valence electrons. The Bertz CT molecular complexity index is 909. The topological polar surface area (TPSA) is 77.0 Å². The van der Waals surface area contributed by atoms with Crippen molar-refractivity contribution in [3.8, 4) is 17.0 Å². The van der Waals surface area contributed by atoms with Crippen LogP contribution in [0.15, 0.2) is 29.3 Å². The molecule has 0 aliphatic heterocycles. The third-order valence-corrected chi connectivity index (χ3v) is 5.60. The SMILES string of the molecule is CCCNC(=O)CSc1nnc(-c2ccc(OC)cc2)c2sc(C)nc12. The molecule has 1 amide bonds. The molecular weight excluding hydrogens is 368 g/mol. The molecule has 6 nitrogen and oxygen atoms in total. The number of benzene rings is 1. The van der Waals surface area contributed by atoms with Crippen molar-refractivity contribution in [1.82, 2.24) is 20.5 Å². The number of methoxy groups -OCH3 is 1. The zero-order chi connectivity index (χ0) is 18.5. The van der Waals surface area contributed by atoms with Crippen LogP contribution in [0.25, 0.3) is 21.5 Å². The number of rotatable bonds is 7. The molecule has 2 aromatic heterocycles. The predicted octanol–water partition coefficient (Wildman–Crippen LogP) is 3.69. The maximum absolute atomic E-state index is 11.9. The number of nitrogens with one attached hydrogen (secondary N) is 1. The van der Waals surface area contributed by atoms with E-state index in [-0.39, 0.29) is 5.91 Å². The Kier molecular flexibility index (Phi) is 6.05. The van der Waals surface area contributed by atoms with Gasteiger partial charge >= 0.3 is 0 Å². The predicted molar refractivity (Wildman–Crippen MR) is 106 cm³/mol. The molecule has 0 spiro atoms. The van der Waals surface area contributed by atoms with Crippen LogP contribution in [0.4, 0.5) is 0 Å². The van der Waals surface area contributed by atoms with Crippen molar-refractivity contribution in [3.05, 3.63) is 29.3 Å². The number of carbonyl (C=O) groups is 1. The number of nitrogens with zero attached hydrogens (tertiary/aromatic N) is 3. The van der Waals surface area contributed by atoms with Gasteiger partial charge in [0.15, 0.2) is 0 Å². The highest BCUT2D eigenvalue weighted by molar-refractivity contribution is 8.00. The zero-order valence-corrected chi connectivity index (χ0v) is 16.5. The summed E-state index contributed by atoms with van der Waals surface area (Å²) in [5.74, 6) is 1.10. The number of hydrogen-bond acceptors (Lipinski definition) is 7. The summed E-state index contributed by atoms with van der Waals surface area (Å²) in [4.78, 5) is 16.5. The zero-order valence-electron chi connectivity index (χ0n) is 14.9. The van der Waals surface area contributed by atoms with Crippen LogP contribution in [-0.4, -0.2) is 40.5 Å². The Morgan fingerprint density at radius 2 is 2.04 bits per heavy atom. The van der Waals surface area contributed by atoms with Crippen molar-refractivity contribution in [2.45, 2.75) is 25.3 Å². The molecule has 2 heterocycles. The normalized spacial score (nSPS) is 10.9. The van der Waals surface area contributed by atoms with Crippen LogP contribution >= 0.6 is 23.1 Å². The van der Waals surface area contributed by atoms with Gasteiger partial charge in [0.2, 0.25) is 5.91 Å². The smallest absolute Gasteiger partial charge is 0.230 e. The number of ether oxygens (including phenoxy) is 1. The molecular formula is C18H20N4O2S2. The summed E-state index contributed by atoms with van der Waals surface area (Å²) in [6.45, 7) is 4.68. The van der Waals surface area contributed by atoms with Crippen molar-refractivity contribution < 1.29 is 9.53 Å². The highest BCUT2D eigenvalue weighted by Crippen LogP contribution is 2.35. The van der Waals surface area contributed by atoms with E-state index in [4.69, 9.17) is 4.74 Å². The molecule has 1 N–H and O–H groups in total. The number of carbonyl (C=O) groups excluding carboxylic acids is 1. The molecule has 0 fully saturated rings. The van der Waals surface area contributed by atoms with E-state index in [1.54, 1.807) is 18.4 Å². The van der Waals surface area contributed by atoms with E-state index in [0.29, 0.717) is 17.3 Å². The molecule has 0 unspecified atom stereocenters. The minimum atomic E-state index is -0.00187. The second-order valence-electron chi connectivity index (χ2n) is 5.63. The summed E-state index contributed by atoms with van der Waals surface area (Å²) >= 11 is 2.96. The van der Waals surface area contributed by atoms with E-state index in [9.17, 15) is 4.79 Å². The van der Waals surface area contributed by atoms with Gasteiger partial charge in [-0.25, -0.2) is 4.98 Å². The molecule has 0 saturated heterocycles. The third kappa shape index (κ3) is 4.13. The lowest BCUT2D eigenvalue weighted by molar-refractivity contribution is -0.118. The van der Waals surface area contributed by atoms with Crippen molar-refractivity contribution >= 4 is 39.2 Å². The summed E-state index contributed by atoms with van der Waals surface area (Å²) in [5.41, 5.74) is 2.57. The fourth-order valence-electron chi connectivity index (χ4n) is 2.41. The highest BCUT2D eigenvalue weighted by atomic mass is 32.2. The first-order valence-corrected chi connectivity index (χ1v) is 10.1. The van der Waals surface area contributed by atoms with Crippen molar-refractivity contribution in [3.63, 3.8) is 0 Å². The number of thioether (sulfide) groups is 1. The van der Waals surface area contributed by atoms with E-state index in [2.05, 4.69) is 20.5 Å². The van der Waals surface area contributed by atoms with Gasteiger partial charge in [0.1, 0.15) is 22.0 Å². The van der Waals surface area contributed by atoms with E-state index in [1.165, 1.54) is 11.8 Å². The van der Waals surface area contributed by atoms with E-state index in [1.807, 2.05) is 38.1 Å². The Balaban J connectivity index is 1.89. The van der Waals surface area contributed by atoms with Crippen LogP contribution in [0.2, 0.25) is 0 Å². The average Bonchev–Trinajstić information content (AvgIpc) is 3.06. The van der Waals surface area contributed by atoms with E-state index < -0.39 is 0 Å². The van der Waals surface area contributed by atoms with Gasteiger partial charge in [-0.1, -0.05) is 18.7 Å². The van der Waals surface area contributed by atoms with Gasteiger partial charge in [-0.15, -0.1) is 21.5 Å². The number of aryl methyl sites for hydroxylation is 1. The molecule has 0 atom stereocenters. The first-order chi connectivity index (χ1) is 12.6. The number of fused-ring (bicyclic) bond motifs is 1. The highest BCUT2D eigenvalue weighted by Gasteiger charge is 2.16. The molecule has 1 aromatic carbocycles. The number of aromatic nitrogens is 3. The largest absolute Gasteiger partial charge is 0.497 e. The first-order valence-electron chi connectivity index (χ1n) is 8.30. The van der Waals surface area contributed by atoms with Gasteiger partial charge in [-0.3, -0.25) is 4.79 Å². The van der Waals surface area contributed by atoms with Gasteiger partial charge in [-0.2, -0.15) is 0 Å². The van der Waals surface area contributed by atoms with Crippen LogP contribution in [0.3, 0.4) is 0 Å². The van der Waals surface area contributed by atoms with Crippen LogP contribution < -0.4 is 10.1 Å². The fourth-order valence-corrected chi connectivity index (χ4v) is 4.15. The monoisotopic (exact) mass is 388 g/mol. The quantitative estimate of drug-likeness (QED) is 0.622. The summed E-state index contributed by atoms with van der Waals surface area (Å²) < 4.78 is 6.20. The van der Waals surface area contributed by atoms with Gasteiger partial charge < -0.3 is 10.1 Å². The summed E-state index contributed by atoms with van der Waals surface area (Å²) in [6.07, 6.45) is 0.919. The fraction of sp³-hybridized carbons (Fsp3) is 0.333. The minimum absolute atomic E-state index is 0.00187. The van der Waals surface area contributed by atoms with Crippen molar-refractivity contribution in [2.24, 2.45) is 0 Å². The Morgan fingerprint density at radius 1 is 1.27 bits per heavy atom. The number of thiazole rings is 1. The van der Waals surface area contributed by atoms with Gasteiger partial charge in [0, 0.05) is 12.1 Å². The molecule has 3 aromatic rings. The second-order valence-corrected chi connectivity index (χ2v) is 7.80. The molecule has 0 aliphatic rings. The molecule has 26 heavy (non-hydrogen) atoms. The lowest BCUT2D eigenvalue weighted by atomic mass is 10.1. The van der Waals surface area contributed by atoms with Crippen molar-refractivity contribution in [2.75, 3.05) is 19.4 Å². The number of hydrogen-bond donors (Lipinski definition) is 1. The lowest BCUT2D eigenvalue weighted by Gasteiger charge is -2.06. The van der Waals surface area contributed by atoms with Gasteiger partial charge in [-0.05, 0) is 37.6 Å². The standard InChI is InChI=1S/C18H20N4O2S2/c1-4-9-19-14(23)10-25-18-16-17(26-11(2)20-16)15(21-22-18)12-5-7-13(24-3)8-6-12/h5-8H,4,9-10H2,1-3H3,(H,19,23). The third-order valence-electron chi connectivity index (χ3n) is 3.67. The molecule has 0 bridgehead atoms. The van der Waals surface area contributed by atoms with E-state index in [0.717, 1.165) is 38.7 Å². The van der Waals surface area contributed by atoms with Gasteiger partial charge in [0.05, 0.1) is 22.6 Å². The maximum atomic E-state index is 11.9. The minimum Gasteiger partial charge on any atom is -0.497 e. The molecule has 3 rings (SSSR count). The summed E-state index contributed by atoms with van der Waals surface area (Å²) in [6, 6.07) is 7.72. The molecule has 0 saturated carbocycles. The van der Waals surface area contributed by atoms with Crippen LogP contribution in [0.5, 0.6) is 5.75 Å². The number of amides is 1. The lowest BCUT2D eigenvalue weighted by Crippen LogP contribution is -2.25. The Hall–Kier alpha value is -2.19. The molecule has 0 radical (unpaired) electrons. The Labute approximate surface area is 160 Å². The molecule has 0 aliphatic carbocycles. The molecule has 8 heteroatoms. The maximum Gasteiger partial charge on any atom is 0.230 e. The summed E-state index contributed by atoms with van der Waals surface area (Å²) in [5, 5.41) is 13.3.